The molecule has 0 spiro atoms. The minimum atomic E-state index is -0.405. The van der Waals surface area contributed by atoms with Gasteiger partial charge in [-0.1, -0.05) is 42.1 Å². The number of para-hydroxylation sites is 1. The summed E-state index contributed by atoms with van der Waals surface area (Å²) in [5, 5.41) is 20.5. The maximum Gasteiger partial charge on any atom is 0.269 e. The van der Waals surface area contributed by atoms with Gasteiger partial charge in [0.15, 0.2) is 11.0 Å². The summed E-state index contributed by atoms with van der Waals surface area (Å²) >= 11 is 1.50. The highest BCUT2D eigenvalue weighted by molar-refractivity contribution is 7.98. The van der Waals surface area contributed by atoms with Crippen LogP contribution in [0.15, 0.2) is 78.0 Å². The van der Waals surface area contributed by atoms with Gasteiger partial charge in [0.1, 0.15) is 11.5 Å². The molecule has 4 rings (SSSR count). The second-order valence-electron chi connectivity index (χ2n) is 6.79. The molecule has 0 aliphatic heterocycles. The standard InChI is InChI=1S/C23H20N4O4S/c1-30-20-12-17(13-21(14-20)31-2)22-24-25-23(26(22)18-6-4-3-5-7-18)32-15-16-8-10-19(11-9-16)27(28)29/h3-14H,15H2,1-2H3. The Morgan fingerprint density at radius 1 is 0.938 bits per heavy atom. The third-order valence-corrected chi connectivity index (χ3v) is 5.77. The molecule has 9 heteroatoms. The monoisotopic (exact) mass is 448 g/mol. The predicted octanol–water partition coefficient (Wildman–Crippen LogP) is 5.15. The van der Waals surface area contributed by atoms with E-state index in [1.807, 2.05) is 47.0 Å². The lowest BCUT2D eigenvalue weighted by molar-refractivity contribution is -0.384. The van der Waals surface area contributed by atoms with E-state index in [1.54, 1.807) is 32.4 Å². The van der Waals surface area contributed by atoms with Crippen LogP contribution in [0.4, 0.5) is 5.69 Å². The molecule has 0 unspecified atom stereocenters. The quantitative estimate of drug-likeness (QED) is 0.209. The van der Waals surface area contributed by atoms with Gasteiger partial charge in [-0.15, -0.1) is 10.2 Å². The van der Waals surface area contributed by atoms with E-state index >= 15 is 0 Å². The first-order valence-corrected chi connectivity index (χ1v) is 10.7. The first-order chi connectivity index (χ1) is 15.6. The van der Waals surface area contributed by atoms with Gasteiger partial charge in [-0.3, -0.25) is 14.7 Å². The van der Waals surface area contributed by atoms with E-state index in [0.29, 0.717) is 28.2 Å². The van der Waals surface area contributed by atoms with Crippen molar-refractivity contribution in [2.24, 2.45) is 0 Å². The number of ether oxygens (including phenoxy) is 2. The largest absolute Gasteiger partial charge is 0.497 e. The van der Waals surface area contributed by atoms with Crippen LogP contribution in [-0.4, -0.2) is 33.9 Å². The van der Waals surface area contributed by atoms with Crippen LogP contribution < -0.4 is 9.47 Å². The molecule has 0 radical (unpaired) electrons. The summed E-state index contributed by atoms with van der Waals surface area (Å²) in [5.41, 5.74) is 2.74. The summed E-state index contributed by atoms with van der Waals surface area (Å²) in [4.78, 5) is 10.5. The number of hydrogen-bond donors (Lipinski definition) is 0. The third kappa shape index (κ3) is 4.57. The molecule has 32 heavy (non-hydrogen) atoms. The van der Waals surface area contributed by atoms with Gasteiger partial charge < -0.3 is 9.47 Å². The van der Waals surface area contributed by atoms with Crippen molar-refractivity contribution in [3.05, 3.63) is 88.5 Å². The Bertz CT molecular complexity index is 1200. The summed E-state index contributed by atoms with van der Waals surface area (Å²) in [6.07, 6.45) is 0. The number of nitro groups is 1. The number of aromatic nitrogens is 3. The lowest BCUT2D eigenvalue weighted by Crippen LogP contribution is -2.00. The maximum absolute atomic E-state index is 10.9. The van der Waals surface area contributed by atoms with Gasteiger partial charge in [0, 0.05) is 35.2 Å². The van der Waals surface area contributed by atoms with Crippen LogP contribution in [0, 0.1) is 10.1 Å². The molecule has 1 aromatic heterocycles. The molecule has 0 fully saturated rings. The lowest BCUT2D eigenvalue weighted by Gasteiger charge is -2.12. The fraction of sp³-hybridized carbons (Fsp3) is 0.130. The highest BCUT2D eigenvalue weighted by atomic mass is 32.2. The SMILES string of the molecule is COc1cc(OC)cc(-c2nnc(SCc3ccc([N+](=O)[O-])cc3)n2-c2ccccc2)c1. The Balaban J connectivity index is 1.71. The van der Waals surface area contributed by atoms with Crippen LogP contribution in [0.3, 0.4) is 0 Å². The van der Waals surface area contributed by atoms with Crippen LogP contribution in [0.1, 0.15) is 5.56 Å². The van der Waals surface area contributed by atoms with E-state index in [-0.39, 0.29) is 5.69 Å². The minimum Gasteiger partial charge on any atom is -0.497 e. The van der Waals surface area contributed by atoms with Gasteiger partial charge in [0.05, 0.1) is 19.1 Å². The van der Waals surface area contributed by atoms with Gasteiger partial charge in [-0.05, 0) is 29.8 Å². The Morgan fingerprint density at radius 2 is 1.59 bits per heavy atom. The molecule has 0 aliphatic rings. The Hall–Kier alpha value is -3.85. The number of rotatable bonds is 8. The van der Waals surface area contributed by atoms with Crippen molar-refractivity contribution < 1.29 is 14.4 Å². The molecular formula is C23H20N4O4S. The number of non-ortho nitro benzene ring substituents is 1. The molecule has 0 saturated carbocycles. The zero-order valence-electron chi connectivity index (χ0n) is 17.5. The summed E-state index contributed by atoms with van der Waals surface area (Å²) < 4.78 is 12.8. The number of hydrogen-bond acceptors (Lipinski definition) is 7. The van der Waals surface area contributed by atoms with Gasteiger partial charge in [0.25, 0.3) is 5.69 Å². The summed E-state index contributed by atoms with van der Waals surface area (Å²) in [6, 6.07) is 21.9. The molecule has 0 atom stereocenters. The van der Waals surface area contributed by atoms with E-state index in [9.17, 15) is 10.1 Å². The van der Waals surface area contributed by atoms with E-state index in [2.05, 4.69) is 10.2 Å². The van der Waals surface area contributed by atoms with Crippen molar-refractivity contribution in [2.75, 3.05) is 14.2 Å². The van der Waals surface area contributed by atoms with Crippen molar-refractivity contribution in [1.29, 1.82) is 0 Å². The number of benzene rings is 3. The van der Waals surface area contributed by atoms with Gasteiger partial charge in [-0.2, -0.15) is 0 Å². The van der Waals surface area contributed by atoms with Crippen LogP contribution in [0.5, 0.6) is 11.5 Å². The lowest BCUT2D eigenvalue weighted by atomic mass is 10.2. The molecule has 162 valence electrons. The van der Waals surface area contributed by atoms with Crippen LogP contribution in [-0.2, 0) is 5.75 Å². The summed E-state index contributed by atoms with van der Waals surface area (Å²) in [5.74, 6) is 2.55. The molecule has 0 amide bonds. The number of nitrogens with zero attached hydrogens (tertiary/aromatic N) is 4. The highest BCUT2D eigenvalue weighted by Crippen LogP contribution is 2.33. The Kier molecular flexibility index (Phi) is 6.37. The van der Waals surface area contributed by atoms with Gasteiger partial charge in [-0.25, -0.2) is 0 Å². The number of thioether (sulfide) groups is 1. The second kappa shape index (κ2) is 9.52. The zero-order valence-corrected chi connectivity index (χ0v) is 18.3. The van der Waals surface area contributed by atoms with E-state index in [0.717, 1.165) is 16.8 Å². The topological polar surface area (TPSA) is 92.3 Å². The number of nitro benzene ring substituents is 1. The van der Waals surface area contributed by atoms with Gasteiger partial charge in [0.2, 0.25) is 0 Å². The van der Waals surface area contributed by atoms with Gasteiger partial charge >= 0.3 is 0 Å². The molecule has 1 heterocycles. The fourth-order valence-electron chi connectivity index (χ4n) is 3.16. The van der Waals surface area contributed by atoms with Crippen molar-refractivity contribution >= 4 is 17.4 Å². The van der Waals surface area contributed by atoms with Crippen LogP contribution in [0.2, 0.25) is 0 Å². The van der Waals surface area contributed by atoms with E-state index in [1.165, 1.54) is 23.9 Å². The number of methoxy groups -OCH3 is 2. The van der Waals surface area contributed by atoms with E-state index in [4.69, 9.17) is 9.47 Å². The van der Waals surface area contributed by atoms with E-state index < -0.39 is 4.92 Å². The summed E-state index contributed by atoms with van der Waals surface area (Å²) in [7, 11) is 3.21. The minimum absolute atomic E-state index is 0.0699. The van der Waals surface area contributed by atoms with Crippen LogP contribution in [0.25, 0.3) is 17.1 Å². The van der Waals surface area contributed by atoms with Crippen LogP contribution >= 0.6 is 11.8 Å². The molecule has 0 aliphatic carbocycles. The molecule has 0 N–H and O–H groups in total. The fourth-order valence-corrected chi connectivity index (χ4v) is 4.07. The normalized spacial score (nSPS) is 10.7. The molecule has 8 nitrogen and oxygen atoms in total. The first kappa shape index (κ1) is 21.4. The maximum atomic E-state index is 10.9. The van der Waals surface area contributed by atoms with Crippen molar-refractivity contribution in [3.63, 3.8) is 0 Å². The Labute approximate surface area is 189 Å². The highest BCUT2D eigenvalue weighted by Gasteiger charge is 2.18. The molecule has 4 aromatic rings. The smallest absolute Gasteiger partial charge is 0.269 e. The third-order valence-electron chi connectivity index (χ3n) is 4.77. The predicted molar refractivity (Wildman–Crippen MR) is 123 cm³/mol. The molecule has 0 bridgehead atoms. The van der Waals surface area contributed by atoms with Crippen molar-refractivity contribution in [2.45, 2.75) is 10.9 Å². The first-order valence-electron chi connectivity index (χ1n) is 9.69. The summed E-state index contributed by atoms with van der Waals surface area (Å²) in [6.45, 7) is 0. The zero-order chi connectivity index (χ0) is 22.5. The van der Waals surface area contributed by atoms with Crippen molar-refractivity contribution in [3.8, 4) is 28.6 Å². The second-order valence-corrected chi connectivity index (χ2v) is 7.73. The Morgan fingerprint density at radius 3 is 2.19 bits per heavy atom. The molecule has 0 saturated heterocycles. The average Bonchev–Trinajstić information content (AvgIpc) is 3.27. The average molecular weight is 449 g/mol. The van der Waals surface area contributed by atoms with Crippen molar-refractivity contribution in [1.82, 2.24) is 14.8 Å². The molecular weight excluding hydrogens is 428 g/mol. The molecule has 3 aromatic carbocycles.